The minimum atomic E-state index is -0.653. The van der Waals surface area contributed by atoms with Crippen LogP contribution in [0.5, 0.6) is 0 Å². The third kappa shape index (κ3) is 2.97. The number of nitrogens with one attached hydrogen (secondary N) is 1. The van der Waals surface area contributed by atoms with Gasteiger partial charge < -0.3 is 15.3 Å². The topological polar surface area (TPSA) is 91.2 Å². The number of anilines is 1. The zero-order valence-electron chi connectivity index (χ0n) is 11.3. The fourth-order valence-corrected chi connectivity index (χ4v) is 2.31. The third-order valence-corrected chi connectivity index (χ3v) is 3.38. The number of pyridine rings is 1. The van der Waals surface area contributed by atoms with E-state index in [-0.39, 0.29) is 11.9 Å². The number of nitrogens with zero attached hydrogens (tertiary/aromatic N) is 4. The molecule has 2 aromatic heterocycles. The molecule has 1 aliphatic heterocycles. The number of carbonyl (C=O) groups is 1. The molecule has 3 heterocycles. The Morgan fingerprint density at radius 3 is 2.86 bits per heavy atom. The van der Waals surface area contributed by atoms with Crippen molar-refractivity contribution >= 4 is 11.7 Å². The Bertz CT molecular complexity index is 607. The highest BCUT2D eigenvalue weighted by Crippen LogP contribution is 2.17. The third-order valence-electron chi connectivity index (χ3n) is 3.38. The van der Waals surface area contributed by atoms with E-state index < -0.39 is 6.10 Å². The molecule has 2 atom stereocenters. The highest BCUT2D eigenvalue weighted by molar-refractivity contribution is 5.92. The quantitative estimate of drug-likeness (QED) is 0.815. The minimum absolute atomic E-state index is 0.291. The second-order valence-electron chi connectivity index (χ2n) is 4.83. The van der Waals surface area contributed by atoms with Crippen LogP contribution in [-0.2, 0) is 0 Å². The molecule has 0 bridgehead atoms. The molecule has 7 heteroatoms. The fraction of sp³-hybridized carbons (Fsp3) is 0.286. The lowest BCUT2D eigenvalue weighted by Gasteiger charge is -2.16. The largest absolute Gasteiger partial charge is 0.389 e. The van der Waals surface area contributed by atoms with Gasteiger partial charge in [-0.2, -0.15) is 0 Å². The van der Waals surface area contributed by atoms with Crippen LogP contribution in [0.15, 0.2) is 43.0 Å². The van der Waals surface area contributed by atoms with Gasteiger partial charge in [0.15, 0.2) is 0 Å². The highest BCUT2D eigenvalue weighted by Gasteiger charge is 2.33. The summed E-state index contributed by atoms with van der Waals surface area (Å²) >= 11 is 0. The van der Waals surface area contributed by atoms with Crippen molar-refractivity contribution in [2.45, 2.75) is 12.1 Å². The van der Waals surface area contributed by atoms with Crippen LogP contribution in [0.25, 0.3) is 0 Å². The van der Waals surface area contributed by atoms with E-state index in [1.165, 1.54) is 0 Å². The lowest BCUT2D eigenvalue weighted by atomic mass is 10.2. The van der Waals surface area contributed by atoms with Crippen LogP contribution < -0.4 is 10.2 Å². The molecule has 0 spiro atoms. The van der Waals surface area contributed by atoms with E-state index in [4.69, 9.17) is 0 Å². The first-order valence-corrected chi connectivity index (χ1v) is 6.65. The Balaban J connectivity index is 1.66. The predicted molar refractivity (Wildman–Crippen MR) is 75.7 cm³/mol. The molecule has 0 radical (unpaired) electrons. The van der Waals surface area contributed by atoms with Crippen molar-refractivity contribution in [3.8, 4) is 0 Å². The van der Waals surface area contributed by atoms with Crippen LogP contribution in [-0.4, -0.2) is 51.2 Å². The van der Waals surface area contributed by atoms with Gasteiger partial charge in [0.05, 0.1) is 18.3 Å². The molecule has 1 aliphatic rings. The van der Waals surface area contributed by atoms with Gasteiger partial charge in [0.2, 0.25) is 0 Å². The molecule has 21 heavy (non-hydrogen) atoms. The summed E-state index contributed by atoms with van der Waals surface area (Å²) in [7, 11) is 0. The first-order chi connectivity index (χ1) is 10.2. The zero-order chi connectivity index (χ0) is 14.7. The standard InChI is InChI=1S/C14H15N5O2/c20-12-9-19(13-7-15-5-6-17-13)8-11(12)18-14(21)10-3-1-2-4-16-10/h1-7,11-12,20H,8-9H2,(H,18,21)/t11-,12-/m1/s1. The van der Waals surface area contributed by atoms with Crippen molar-refractivity contribution in [2.75, 3.05) is 18.0 Å². The Kier molecular flexibility index (Phi) is 3.74. The van der Waals surface area contributed by atoms with Crippen LogP contribution in [0.4, 0.5) is 5.82 Å². The second-order valence-corrected chi connectivity index (χ2v) is 4.83. The number of carbonyl (C=O) groups excluding carboxylic acids is 1. The van der Waals surface area contributed by atoms with Gasteiger partial charge in [-0.05, 0) is 12.1 Å². The molecule has 1 saturated heterocycles. The summed E-state index contributed by atoms with van der Waals surface area (Å²) in [6, 6.07) is 4.77. The molecule has 108 valence electrons. The Labute approximate surface area is 121 Å². The Morgan fingerprint density at radius 2 is 2.14 bits per heavy atom. The van der Waals surface area contributed by atoms with Gasteiger partial charge in [0, 0.05) is 31.7 Å². The maximum absolute atomic E-state index is 12.1. The fourth-order valence-electron chi connectivity index (χ4n) is 2.31. The zero-order valence-corrected chi connectivity index (χ0v) is 11.3. The summed E-state index contributed by atoms with van der Waals surface area (Å²) in [5.41, 5.74) is 0.336. The van der Waals surface area contributed by atoms with Gasteiger partial charge >= 0.3 is 0 Å². The van der Waals surface area contributed by atoms with Crippen molar-refractivity contribution in [1.29, 1.82) is 0 Å². The number of aliphatic hydroxyl groups is 1. The number of rotatable bonds is 3. The molecule has 1 fully saturated rings. The van der Waals surface area contributed by atoms with Gasteiger partial charge in [0.25, 0.3) is 5.91 Å². The number of hydrogen-bond donors (Lipinski definition) is 2. The average Bonchev–Trinajstić information content (AvgIpc) is 2.90. The monoisotopic (exact) mass is 285 g/mol. The molecule has 2 aromatic rings. The molecule has 0 aromatic carbocycles. The molecule has 0 unspecified atom stereocenters. The maximum Gasteiger partial charge on any atom is 0.270 e. The maximum atomic E-state index is 12.1. The number of amides is 1. The van der Waals surface area contributed by atoms with Crippen LogP contribution >= 0.6 is 0 Å². The van der Waals surface area contributed by atoms with Gasteiger partial charge in [-0.3, -0.25) is 14.8 Å². The lowest BCUT2D eigenvalue weighted by Crippen LogP contribution is -2.43. The van der Waals surface area contributed by atoms with E-state index in [9.17, 15) is 9.90 Å². The summed E-state index contributed by atoms with van der Waals surface area (Å²) in [4.78, 5) is 26.1. The molecule has 0 aliphatic carbocycles. The van der Waals surface area contributed by atoms with Crippen molar-refractivity contribution in [3.63, 3.8) is 0 Å². The van der Waals surface area contributed by atoms with Crippen molar-refractivity contribution < 1.29 is 9.90 Å². The van der Waals surface area contributed by atoms with E-state index in [1.54, 1.807) is 43.0 Å². The first-order valence-electron chi connectivity index (χ1n) is 6.65. The normalized spacial score (nSPS) is 21.3. The summed E-state index contributed by atoms with van der Waals surface area (Å²) in [6.45, 7) is 0.893. The van der Waals surface area contributed by atoms with Crippen molar-refractivity contribution in [3.05, 3.63) is 48.7 Å². The summed E-state index contributed by atoms with van der Waals surface area (Å²) in [6.07, 6.45) is 5.74. The van der Waals surface area contributed by atoms with Gasteiger partial charge in [-0.1, -0.05) is 6.07 Å². The van der Waals surface area contributed by atoms with E-state index >= 15 is 0 Å². The van der Waals surface area contributed by atoms with Crippen LogP contribution in [0.1, 0.15) is 10.5 Å². The van der Waals surface area contributed by atoms with Crippen LogP contribution in [0, 0.1) is 0 Å². The smallest absolute Gasteiger partial charge is 0.270 e. The number of hydrogen-bond acceptors (Lipinski definition) is 6. The second kappa shape index (κ2) is 5.84. The van der Waals surface area contributed by atoms with Crippen LogP contribution in [0.3, 0.4) is 0 Å². The summed E-state index contributed by atoms with van der Waals surface area (Å²) in [5.74, 6) is 0.395. The Morgan fingerprint density at radius 1 is 1.24 bits per heavy atom. The molecule has 2 N–H and O–H groups in total. The lowest BCUT2D eigenvalue weighted by molar-refractivity contribution is 0.0884. The van der Waals surface area contributed by atoms with E-state index in [0.29, 0.717) is 24.6 Å². The SMILES string of the molecule is O=C(N[C@@H]1CN(c2cnccn2)C[C@H]1O)c1ccccn1. The van der Waals surface area contributed by atoms with E-state index in [0.717, 1.165) is 0 Å². The van der Waals surface area contributed by atoms with Crippen LogP contribution in [0.2, 0.25) is 0 Å². The van der Waals surface area contributed by atoms with Gasteiger partial charge in [-0.25, -0.2) is 4.98 Å². The number of aliphatic hydroxyl groups excluding tert-OH is 1. The van der Waals surface area contributed by atoms with Gasteiger partial charge in [-0.15, -0.1) is 0 Å². The highest BCUT2D eigenvalue weighted by atomic mass is 16.3. The Hall–Kier alpha value is -2.54. The minimum Gasteiger partial charge on any atom is -0.389 e. The number of aromatic nitrogens is 3. The first kappa shape index (κ1) is 13.4. The molecule has 0 saturated carbocycles. The van der Waals surface area contributed by atoms with Crippen molar-refractivity contribution in [2.24, 2.45) is 0 Å². The molecule has 1 amide bonds. The van der Waals surface area contributed by atoms with E-state index in [2.05, 4.69) is 20.3 Å². The summed E-state index contributed by atoms with van der Waals surface area (Å²) in [5, 5.41) is 12.9. The molecule has 3 rings (SSSR count). The molecule has 7 nitrogen and oxygen atoms in total. The summed E-state index contributed by atoms with van der Waals surface area (Å²) < 4.78 is 0. The van der Waals surface area contributed by atoms with E-state index in [1.807, 2.05) is 4.90 Å². The molecular formula is C14H15N5O2. The predicted octanol–water partition coefficient (Wildman–Crippen LogP) is -0.149. The number of β-amino-alcohol motifs (C(OH)–C–C–N with tert-alkyl or cyclic N) is 1. The van der Waals surface area contributed by atoms with Crippen molar-refractivity contribution in [1.82, 2.24) is 20.3 Å². The molecular weight excluding hydrogens is 270 g/mol. The van der Waals surface area contributed by atoms with Gasteiger partial charge in [0.1, 0.15) is 11.5 Å². The average molecular weight is 285 g/mol.